The van der Waals surface area contributed by atoms with Gasteiger partial charge < -0.3 is 39.2 Å². The van der Waals surface area contributed by atoms with Crippen LogP contribution >= 0.6 is 0 Å². The Bertz CT molecular complexity index is 1350. The lowest BCUT2D eigenvalue weighted by molar-refractivity contribution is 0.106. The summed E-state index contributed by atoms with van der Waals surface area (Å²) in [6.07, 6.45) is 0. The highest BCUT2D eigenvalue weighted by atomic mass is 19.1. The van der Waals surface area contributed by atoms with Gasteiger partial charge in [-0.3, -0.25) is 0 Å². The van der Waals surface area contributed by atoms with E-state index in [9.17, 15) is 14.6 Å². The molecule has 6 rings (SSSR count). The van der Waals surface area contributed by atoms with E-state index < -0.39 is 5.92 Å². The van der Waals surface area contributed by atoms with Crippen LogP contribution in [0.5, 0.6) is 28.7 Å². The third-order valence-electron chi connectivity index (χ3n) is 6.99. The summed E-state index contributed by atoms with van der Waals surface area (Å²) in [6.45, 7) is 0.358. The van der Waals surface area contributed by atoms with Gasteiger partial charge in [-0.25, -0.2) is 4.39 Å². The third-order valence-corrected chi connectivity index (χ3v) is 6.99. The lowest BCUT2D eigenvalue weighted by atomic mass is 9.68. The Labute approximate surface area is 206 Å². The molecule has 3 aromatic rings. The molecule has 1 aliphatic carbocycles. The quantitative estimate of drug-likeness (QED) is 0.457. The molecule has 36 heavy (non-hydrogen) atoms. The van der Waals surface area contributed by atoms with Crippen LogP contribution < -0.4 is 24.3 Å². The zero-order chi connectivity index (χ0) is 25.0. The Kier molecular flexibility index (Phi) is 5.21. The zero-order valence-corrected chi connectivity index (χ0v) is 19.6. The number of phenolic OH excluding ortho intramolecular Hbond substituents is 1. The predicted molar refractivity (Wildman–Crippen MR) is 127 cm³/mol. The number of nitrogens with one attached hydrogen (secondary N) is 1. The van der Waals surface area contributed by atoms with Crippen molar-refractivity contribution >= 4 is 5.69 Å². The summed E-state index contributed by atoms with van der Waals surface area (Å²) in [6, 6.07) is 13.1. The number of hydrogen-bond acceptors (Lipinski definition) is 8. The summed E-state index contributed by atoms with van der Waals surface area (Å²) < 4.78 is 41.4. The van der Waals surface area contributed by atoms with E-state index in [-0.39, 0.29) is 54.4 Å². The molecule has 0 saturated carbocycles. The second-order valence-corrected chi connectivity index (χ2v) is 8.85. The van der Waals surface area contributed by atoms with Crippen molar-refractivity contribution in [1.29, 1.82) is 0 Å². The van der Waals surface area contributed by atoms with Crippen LogP contribution in [0.15, 0.2) is 60.0 Å². The molecule has 0 saturated heterocycles. The van der Waals surface area contributed by atoms with Crippen LogP contribution in [0.3, 0.4) is 0 Å². The molecule has 186 valence electrons. The Morgan fingerprint density at radius 1 is 0.889 bits per heavy atom. The first-order valence-corrected chi connectivity index (χ1v) is 11.4. The number of halogens is 1. The number of aliphatic hydroxyl groups is 1. The molecular weight excluding hydrogens is 469 g/mol. The van der Waals surface area contributed by atoms with E-state index >= 15 is 0 Å². The Hall–Kier alpha value is -4.27. The molecule has 3 aromatic carbocycles. The van der Waals surface area contributed by atoms with E-state index in [0.29, 0.717) is 17.1 Å². The van der Waals surface area contributed by atoms with Crippen LogP contribution in [-0.4, -0.2) is 37.8 Å². The zero-order valence-electron chi connectivity index (χ0n) is 19.6. The van der Waals surface area contributed by atoms with Crippen LogP contribution in [0.25, 0.3) is 0 Å². The molecular formula is C27H24FNO7. The summed E-state index contributed by atoms with van der Waals surface area (Å²) >= 11 is 0. The molecule has 0 fully saturated rings. The summed E-state index contributed by atoms with van der Waals surface area (Å²) in [5.41, 5.74) is 3.92. The average molecular weight is 493 g/mol. The Morgan fingerprint density at radius 3 is 2.17 bits per heavy atom. The molecule has 0 aromatic heterocycles. The molecule has 0 spiro atoms. The molecule has 2 aliphatic heterocycles. The number of fused-ring (bicyclic) bond motifs is 3. The molecule has 9 heteroatoms. The maximum absolute atomic E-state index is 13.6. The van der Waals surface area contributed by atoms with Crippen LogP contribution in [0, 0.1) is 11.7 Å². The van der Waals surface area contributed by atoms with Crippen LogP contribution in [0.4, 0.5) is 10.1 Å². The standard InChI is InChI=1S/C27H24FNO7/c1-32-21-7-13(8-22(33-2)26(21)30)23-16-9-19-20(36-12-35-19)10-17(16)25(18-11-34-27(31)24(18)23)29-15-5-3-14(28)4-6-15/h3-10,18,23,25,29-31H,11-12H2,1-2H3/t18-,23+,25+/m0/s1. The lowest BCUT2D eigenvalue weighted by Crippen LogP contribution is -2.32. The normalized spacial score (nSPS) is 21.5. The van der Waals surface area contributed by atoms with E-state index in [1.54, 1.807) is 24.3 Å². The van der Waals surface area contributed by atoms with Gasteiger partial charge in [0.05, 0.1) is 20.3 Å². The first-order valence-electron chi connectivity index (χ1n) is 11.4. The number of hydrogen-bond donors (Lipinski definition) is 3. The highest BCUT2D eigenvalue weighted by molar-refractivity contribution is 5.63. The van der Waals surface area contributed by atoms with Crippen LogP contribution in [0.2, 0.25) is 0 Å². The van der Waals surface area contributed by atoms with Crippen molar-refractivity contribution in [2.45, 2.75) is 12.0 Å². The fourth-order valence-corrected chi connectivity index (χ4v) is 5.33. The van der Waals surface area contributed by atoms with Crippen molar-refractivity contribution in [2.24, 2.45) is 5.92 Å². The topological polar surface area (TPSA) is 98.6 Å². The molecule has 3 N–H and O–H groups in total. The van der Waals surface area contributed by atoms with Gasteiger partial charge in [0.2, 0.25) is 12.5 Å². The minimum Gasteiger partial charge on any atom is -0.502 e. The van der Waals surface area contributed by atoms with E-state index in [1.165, 1.54) is 26.4 Å². The summed E-state index contributed by atoms with van der Waals surface area (Å²) in [5, 5.41) is 24.9. The highest BCUT2D eigenvalue weighted by Crippen LogP contribution is 2.56. The van der Waals surface area contributed by atoms with E-state index in [1.807, 2.05) is 12.1 Å². The van der Waals surface area contributed by atoms with E-state index in [0.717, 1.165) is 22.4 Å². The number of aliphatic hydroxyl groups excluding tert-OH is 1. The van der Waals surface area contributed by atoms with Gasteiger partial charge in [-0.05, 0) is 65.2 Å². The number of benzene rings is 3. The summed E-state index contributed by atoms with van der Waals surface area (Å²) in [5.74, 6) is 0.414. The van der Waals surface area contributed by atoms with Gasteiger partial charge in [0.15, 0.2) is 23.0 Å². The molecule has 0 radical (unpaired) electrons. The fourth-order valence-electron chi connectivity index (χ4n) is 5.33. The van der Waals surface area contributed by atoms with Gasteiger partial charge in [-0.15, -0.1) is 0 Å². The van der Waals surface area contributed by atoms with E-state index in [2.05, 4.69) is 5.32 Å². The number of anilines is 1. The van der Waals surface area contributed by atoms with Crippen molar-refractivity contribution in [1.82, 2.24) is 0 Å². The van der Waals surface area contributed by atoms with Gasteiger partial charge >= 0.3 is 0 Å². The van der Waals surface area contributed by atoms with Crippen molar-refractivity contribution < 1.29 is 38.3 Å². The van der Waals surface area contributed by atoms with Crippen LogP contribution in [0.1, 0.15) is 28.7 Å². The summed E-state index contributed by atoms with van der Waals surface area (Å²) in [4.78, 5) is 0. The summed E-state index contributed by atoms with van der Waals surface area (Å²) in [7, 11) is 2.93. The van der Waals surface area contributed by atoms with Gasteiger partial charge in [0.1, 0.15) is 12.4 Å². The second kappa shape index (κ2) is 8.44. The Balaban J connectivity index is 1.56. The second-order valence-electron chi connectivity index (χ2n) is 8.85. The van der Waals surface area contributed by atoms with E-state index in [4.69, 9.17) is 23.7 Å². The first-order chi connectivity index (χ1) is 17.5. The monoisotopic (exact) mass is 493 g/mol. The molecule has 3 aliphatic rings. The van der Waals surface area contributed by atoms with Crippen molar-refractivity contribution in [3.05, 3.63) is 82.6 Å². The van der Waals surface area contributed by atoms with Crippen molar-refractivity contribution in [3.63, 3.8) is 0 Å². The number of phenols is 1. The van der Waals surface area contributed by atoms with Gasteiger partial charge in [-0.1, -0.05) is 0 Å². The largest absolute Gasteiger partial charge is 0.502 e. The van der Waals surface area contributed by atoms with Gasteiger partial charge in [-0.2, -0.15) is 0 Å². The number of aromatic hydroxyl groups is 1. The highest BCUT2D eigenvalue weighted by Gasteiger charge is 2.47. The smallest absolute Gasteiger partial charge is 0.277 e. The molecule has 8 nitrogen and oxygen atoms in total. The lowest BCUT2D eigenvalue weighted by Gasteiger charge is -2.38. The predicted octanol–water partition coefficient (Wildman–Crippen LogP) is 4.99. The molecule has 2 heterocycles. The van der Waals surface area contributed by atoms with Crippen LogP contribution in [-0.2, 0) is 4.74 Å². The fraction of sp³-hybridized carbons (Fsp3) is 0.259. The maximum Gasteiger partial charge on any atom is 0.277 e. The minimum absolute atomic E-state index is 0.111. The maximum atomic E-state index is 13.6. The number of ether oxygens (including phenoxy) is 5. The number of rotatable bonds is 5. The molecule has 0 bridgehead atoms. The SMILES string of the molecule is COc1cc([C@H]2C3=C(O)OC[C@@H]3[C@H](Nc3ccc(F)cc3)c3cc4c(cc32)OCO4)cc(OC)c1O. The number of methoxy groups -OCH3 is 2. The Morgan fingerprint density at radius 2 is 1.53 bits per heavy atom. The third kappa shape index (κ3) is 3.42. The molecule has 0 amide bonds. The minimum atomic E-state index is -0.448. The van der Waals surface area contributed by atoms with Gasteiger partial charge in [0.25, 0.3) is 5.95 Å². The molecule has 3 atom stereocenters. The van der Waals surface area contributed by atoms with Gasteiger partial charge in [0, 0.05) is 23.1 Å². The molecule has 0 unspecified atom stereocenters. The average Bonchev–Trinajstić information content (AvgIpc) is 3.51. The first kappa shape index (κ1) is 22.2. The van der Waals surface area contributed by atoms with Crippen molar-refractivity contribution in [3.8, 4) is 28.7 Å². The van der Waals surface area contributed by atoms with Crippen molar-refractivity contribution in [2.75, 3.05) is 32.9 Å².